The Morgan fingerprint density at radius 1 is 1.00 bits per heavy atom. The molecule has 0 spiro atoms. The van der Waals surface area contributed by atoms with E-state index >= 15 is 0 Å². The van der Waals surface area contributed by atoms with Crippen molar-refractivity contribution in [3.63, 3.8) is 0 Å². The van der Waals surface area contributed by atoms with E-state index in [2.05, 4.69) is 20.9 Å². The van der Waals surface area contributed by atoms with Gasteiger partial charge in [-0.2, -0.15) is 0 Å². The van der Waals surface area contributed by atoms with Crippen molar-refractivity contribution in [2.45, 2.75) is 6.92 Å². The molecule has 0 saturated heterocycles. The van der Waals surface area contributed by atoms with E-state index in [1.807, 2.05) is 30.3 Å². The summed E-state index contributed by atoms with van der Waals surface area (Å²) >= 11 is 16.4. The van der Waals surface area contributed by atoms with Crippen LogP contribution in [0.3, 0.4) is 0 Å². The summed E-state index contributed by atoms with van der Waals surface area (Å²) in [6.45, 7) is 1.62. The third kappa shape index (κ3) is 3.39. The first-order valence-electron chi connectivity index (χ1n) is 7.38. The summed E-state index contributed by atoms with van der Waals surface area (Å²) in [5, 5.41) is 1.00. The molecule has 128 valence electrons. The third-order valence-electron chi connectivity index (χ3n) is 3.87. The van der Waals surface area contributed by atoms with E-state index in [4.69, 9.17) is 27.9 Å². The van der Waals surface area contributed by atoms with Gasteiger partial charge in [-0.15, -0.1) is 0 Å². The summed E-state index contributed by atoms with van der Waals surface area (Å²) in [5.74, 6) is -0.166. The second-order valence-corrected chi connectivity index (χ2v) is 7.00. The zero-order chi connectivity index (χ0) is 18.1. The number of halogens is 4. The minimum atomic E-state index is -0.399. The zero-order valence-electron chi connectivity index (χ0n) is 13.4. The molecule has 0 aliphatic heterocycles. The summed E-state index contributed by atoms with van der Waals surface area (Å²) < 4.78 is 20.1. The molecule has 0 atom stereocenters. The smallest absolute Gasteiger partial charge is 0.219 e. The van der Waals surface area contributed by atoms with Crippen molar-refractivity contribution in [3.05, 3.63) is 68.4 Å². The van der Waals surface area contributed by atoms with E-state index in [1.165, 1.54) is 13.2 Å². The van der Waals surface area contributed by atoms with E-state index in [9.17, 15) is 4.39 Å². The molecule has 2 aromatic carbocycles. The quantitative estimate of drug-likeness (QED) is 0.440. The minimum absolute atomic E-state index is 0.233. The lowest BCUT2D eigenvalue weighted by molar-refractivity contribution is 0.390. The van der Waals surface area contributed by atoms with Gasteiger partial charge < -0.3 is 4.74 Å². The molecule has 2 nitrogen and oxygen atoms in total. The highest BCUT2D eigenvalue weighted by Gasteiger charge is 2.17. The van der Waals surface area contributed by atoms with Gasteiger partial charge in [0.1, 0.15) is 5.82 Å². The maximum Gasteiger partial charge on any atom is 0.219 e. The predicted octanol–water partition coefficient (Wildman–Crippen LogP) is 6.94. The highest BCUT2D eigenvalue weighted by Crippen LogP contribution is 2.41. The Morgan fingerprint density at radius 3 is 2.28 bits per heavy atom. The van der Waals surface area contributed by atoms with Crippen molar-refractivity contribution < 1.29 is 9.13 Å². The lowest BCUT2D eigenvalue weighted by atomic mass is 10.0. The number of rotatable bonds is 3. The fourth-order valence-electron chi connectivity index (χ4n) is 2.54. The van der Waals surface area contributed by atoms with Crippen LogP contribution in [0.25, 0.3) is 22.4 Å². The van der Waals surface area contributed by atoms with Gasteiger partial charge in [-0.25, -0.2) is 9.37 Å². The number of pyridine rings is 1. The van der Waals surface area contributed by atoms with E-state index in [0.717, 1.165) is 15.6 Å². The number of hydrogen-bond donors (Lipinski definition) is 0. The molecule has 0 aliphatic rings. The van der Waals surface area contributed by atoms with Crippen molar-refractivity contribution in [1.29, 1.82) is 0 Å². The van der Waals surface area contributed by atoms with Gasteiger partial charge >= 0.3 is 0 Å². The minimum Gasteiger partial charge on any atom is -0.481 e. The maximum atomic E-state index is 14.2. The Labute approximate surface area is 163 Å². The molecule has 0 bridgehead atoms. The van der Waals surface area contributed by atoms with Gasteiger partial charge in [-0.05, 0) is 28.9 Å². The largest absolute Gasteiger partial charge is 0.481 e. The fraction of sp³-hybridized carbons (Fsp3) is 0.105. The standard InChI is InChI=1S/C19H13BrCl2FNO/c1-10-15(23)9-16(24-19(10)25-2)13-7-3-5-11(17(13)21)12-6-4-8-14(20)18(12)22/h3-9H,1-2H3. The lowest BCUT2D eigenvalue weighted by Gasteiger charge is -2.13. The van der Waals surface area contributed by atoms with Gasteiger partial charge in [-0.1, -0.05) is 53.5 Å². The lowest BCUT2D eigenvalue weighted by Crippen LogP contribution is -1.97. The van der Waals surface area contributed by atoms with Crippen LogP contribution < -0.4 is 4.74 Å². The molecule has 0 unspecified atom stereocenters. The summed E-state index contributed by atoms with van der Waals surface area (Å²) in [5.41, 5.74) is 2.88. The molecule has 3 rings (SSSR count). The van der Waals surface area contributed by atoms with Crippen molar-refractivity contribution in [2.75, 3.05) is 7.11 Å². The molecule has 0 radical (unpaired) electrons. The summed E-state index contributed by atoms with van der Waals surface area (Å²) in [7, 11) is 1.46. The van der Waals surface area contributed by atoms with E-state index < -0.39 is 5.82 Å². The number of methoxy groups -OCH3 is 1. The SMILES string of the molecule is COc1nc(-c2cccc(-c3cccc(Br)c3Cl)c2Cl)cc(F)c1C. The van der Waals surface area contributed by atoms with Gasteiger partial charge in [0.05, 0.1) is 22.8 Å². The molecule has 1 aromatic heterocycles. The average molecular weight is 441 g/mol. The van der Waals surface area contributed by atoms with Crippen LogP contribution in [-0.4, -0.2) is 12.1 Å². The molecule has 6 heteroatoms. The second kappa shape index (κ2) is 7.32. The molecule has 0 N–H and O–H groups in total. The number of benzene rings is 2. The van der Waals surface area contributed by atoms with Crippen LogP contribution in [0.4, 0.5) is 4.39 Å². The first-order valence-corrected chi connectivity index (χ1v) is 8.93. The summed E-state index contributed by atoms with van der Waals surface area (Å²) in [6, 6.07) is 12.4. The molecule has 3 aromatic rings. The van der Waals surface area contributed by atoms with E-state index in [1.54, 1.807) is 13.0 Å². The Kier molecular flexibility index (Phi) is 5.32. The Bertz CT molecular complexity index is 962. The van der Waals surface area contributed by atoms with Gasteiger partial charge in [0, 0.05) is 32.8 Å². The normalized spacial score (nSPS) is 10.8. The molecule has 1 heterocycles. The maximum absolute atomic E-state index is 14.2. The monoisotopic (exact) mass is 439 g/mol. The Balaban J connectivity index is 2.21. The Hall–Kier alpha value is -1.62. The number of ether oxygens (including phenoxy) is 1. The first-order chi connectivity index (χ1) is 11.9. The van der Waals surface area contributed by atoms with Crippen LogP contribution in [0.5, 0.6) is 5.88 Å². The zero-order valence-corrected chi connectivity index (χ0v) is 16.5. The fourth-order valence-corrected chi connectivity index (χ4v) is 3.46. The summed E-state index contributed by atoms with van der Waals surface area (Å²) in [4.78, 5) is 4.37. The molecule has 25 heavy (non-hydrogen) atoms. The highest BCUT2D eigenvalue weighted by molar-refractivity contribution is 9.10. The third-order valence-corrected chi connectivity index (χ3v) is 5.58. The van der Waals surface area contributed by atoms with Crippen molar-refractivity contribution in [3.8, 4) is 28.3 Å². The van der Waals surface area contributed by atoms with Crippen molar-refractivity contribution >= 4 is 39.1 Å². The topological polar surface area (TPSA) is 22.1 Å². The van der Waals surface area contributed by atoms with Crippen LogP contribution in [-0.2, 0) is 0 Å². The van der Waals surface area contributed by atoms with Crippen LogP contribution >= 0.6 is 39.1 Å². The molecule has 0 amide bonds. The Morgan fingerprint density at radius 2 is 1.60 bits per heavy atom. The van der Waals surface area contributed by atoms with E-state index in [0.29, 0.717) is 26.9 Å². The molecule has 0 aliphatic carbocycles. The summed E-state index contributed by atoms with van der Waals surface area (Å²) in [6.07, 6.45) is 0. The number of aromatic nitrogens is 1. The average Bonchev–Trinajstić information content (AvgIpc) is 2.60. The molecular formula is C19H13BrCl2FNO. The van der Waals surface area contributed by atoms with Crippen LogP contribution in [0.15, 0.2) is 46.9 Å². The second-order valence-electron chi connectivity index (χ2n) is 5.39. The van der Waals surface area contributed by atoms with Crippen molar-refractivity contribution in [2.24, 2.45) is 0 Å². The van der Waals surface area contributed by atoms with Crippen LogP contribution in [0, 0.1) is 12.7 Å². The molecule has 0 saturated carbocycles. The number of hydrogen-bond acceptors (Lipinski definition) is 2. The van der Waals surface area contributed by atoms with Gasteiger partial charge in [-0.3, -0.25) is 0 Å². The van der Waals surface area contributed by atoms with Crippen LogP contribution in [0.2, 0.25) is 10.0 Å². The van der Waals surface area contributed by atoms with Crippen LogP contribution in [0.1, 0.15) is 5.56 Å². The van der Waals surface area contributed by atoms with Gasteiger partial charge in [0.25, 0.3) is 0 Å². The first kappa shape index (κ1) is 18.2. The molecule has 0 fully saturated rings. The van der Waals surface area contributed by atoms with E-state index in [-0.39, 0.29) is 5.88 Å². The van der Waals surface area contributed by atoms with Gasteiger partial charge in [0.15, 0.2) is 0 Å². The predicted molar refractivity (Wildman–Crippen MR) is 104 cm³/mol. The van der Waals surface area contributed by atoms with Crippen molar-refractivity contribution in [1.82, 2.24) is 4.98 Å². The number of nitrogens with zero attached hydrogens (tertiary/aromatic N) is 1. The highest BCUT2D eigenvalue weighted by atomic mass is 79.9. The van der Waals surface area contributed by atoms with Gasteiger partial charge in [0.2, 0.25) is 5.88 Å². The molecular weight excluding hydrogens is 428 g/mol.